The Labute approximate surface area is 191 Å². The van der Waals surface area contributed by atoms with Crippen LogP contribution in [0.2, 0.25) is 0 Å². The van der Waals surface area contributed by atoms with Crippen molar-refractivity contribution in [2.45, 2.75) is 20.3 Å². The van der Waals surface area contributed by atoms with E-state index in [0.29, 0.717) is 31.0 Å². The molecule has 0 N–H and O–H groups in total. The van der Waals surface area contributed by atoms with Gasteiger partial charge in [-0.25, -0.2) is 19.0 Å². The number of carbonyl (C=O) groups excluding carboxylic acids is 1. The minimum Gasteiger partial charge on any atom is -0.354 e. The molecule has 0 bridgehead atoms. The third-order valence-corrected chi connectivity index (χ3v) is 5.92. The molecule has 33 heavy (non-hydrogen) atoms. The van der Waals surface area contributed by atoms with Crippen LogP contribution in [0.25, 0.3) is 16.7 Å². The van der Waals surface area contributed by atoms with Crippen molar-refractivity contribution < 1.29 is 9.18 Å². The molecule has 1 fully saturated rings. The number of aromatic nitrogens is 4. The zero-order valence-corrected chi connectivity index (χ0v) is 18.7. The molecule has 1 aliphatic rings. The molecule has 2 aromatic carbocycles. The lowest BCUT2D eigenvalue weighted by atomic mass is 10.2. The summed E-state index contributed by atoms with van der Waals surface area (Å²) in [6, 6.07) is 14.0. The fraction of sp³-hybridized carbons (Fsp3) is 0.280. The Morgan fingerprint density at radius 1 is 0.970 bits per heavy atom. The van der Waals surface area contributed by atoms with Crippen molar-refractivity contribution in [3.05, 3.63) is 77.5 Å². The van der Waals surface area contributed by atoms with Crippen LogP contribution in [0.1, 0.15) is 28.2 Å². The first-order chi connectivity index (χ1) is 16.0. The molecule has 0 spiro atoms. The molecule has 1 amide bonds. The molecule has 0 aliphatic carbocycles. The lowest BCUT2D eigenvalue weighted by Gasteiger charge is -2.23. The van der Waals surface area contributed by atoms with Crippen molar-refractivity contribution in [2.75, 3.05) is 31.1 Å². The van der Waals surface area contributed by atoms with Crippen LogP contribution in [0.15, 0.2) is 54.7 Å². The van der Waals surface area contributed by atoms with Gasteiger partial charge in [-0.1, -0.05) is 18.2 Å². The predicted molar refractivity (Wildman–Crippen MR) is 125 cm³/mol. The lowest BCUT2D eigenvalue weighted by Crippen LogP contribution is -2.35. The van der Waals surface area contributed by atoms with Crippen LogP contribution in [-0.2, 0) is 0 Å². The summed E-state index contributed by atoms with van der Waals surface area (Å²) >= 11 is 0. The molecule has 3 heterocycles. The predicted octanol–water partition coefficient (Wildman–Crippen LogP) is 3.92. The van der Waals surface area contributed by atoms with Crippen molar-refractivity contribution >= 4 is 22.8 Å². The van der Waals surface area contributed by atoms with E-state index < -0.39 is 5.82 Å². The van der Waals surface area contributed by atoms with E-state index in [1.807, 2.05) is 29.9 Å². The van der Waals surface area contributed by atoms with Crippen LogP contribution >= 0.6 is 0 Å². The zero-order chi connectivity index (χ0) is 22.9. The maximum absolute atomic E-state index is 13.6. The first kappa shape index (κ1) is 21.1. The SMILES string of the molecule is Cc1cccc(-n2ncc3c(N4CCCN(C(=O)c5cccc(F)c5)CC4)nc(C)nc32)c1. The number of benzene rings is 2. The largest absolute Gasteiger partial charge is 0.354 e. The number of nitrogens with zero attached hydrogens (tertiary/aromatic N) is 6. The van der Waals surface area contributed by atoms with Gasteiger partial charge in [-0.05, 0) is 56.2 Å². The van der Waals surface area contributed by atoms with Crippen molar-refractivity contribution in [2.24, 2.45) is 0 Å². The van der Waals surface area contributed by atoms with Crippen LogP contribution in [0, 0.1) is 19.7 Å². The van der Waals surface area contributed by atoms with E-state index in [-0.39, 0.29) is 5.91 Å². The van der Waals surface area contributed by atoms with Gasteiger partial charge in [-0.2, -0.15) is 5.10 Å². The summed E-state index contributed by atoms with van der Waals surface area (Å²) in [7, 11) is 0. The third-order valence-electron chi connectivity index (χ3n) is 5.92. The summed E-state index contributed by atoms with van der Waals surface area (Å²) in [5.74, 6) is 0.953. The van der Waals surface area contributed by atoms with Crippen LogP contribution < -0.4 is 4.90 Å². The fourth-order valence-electron chi connectivity index (χ4n) is 4.33. The molecule has 0 atom stereocenters. The summed E-state index contributed by atoms with van der Waals surface area (Å²) in [6.07, 6.45) is 2.60. The number of hydrogen-bond donors (Lipinski definition) is 0. The Kier molecular flexibility index (Phi) is 5.50. The van der Waals surface area contributed by atoms with Crippen LogP contribution in [0.3, 0.4) is 0 Å². The van der Waals surface area contributed by atoms with Gasteiger partial charge in [0.2, 0.25) is 0 Å². The smallest absolute Gasteiger partial charge is 0.254 e. The van der Waals surface area contributed by atoms with E-state index in [2.05, 4.69) is 34.0 Å². The summed E-state index contributed by atoms with van der Waals surface area (Å²) < 4.78 is 15.4. The van der Waals surface area contributed by atoms with Crippen LogP contribution in [-0.4, -0.2) is 56.7 Å². The van der Waals surface area contributed by atoms with Gasteiger partial charge >= 0.3 is 0 Å². The van der Waals surface area contributed by atoms with Gasteiger partial charge in [0.15, 0.2) is 5.65 Å². The number of carbonyl (C=O) groups is 1. The highest BCUT2D eigenvalue weighted by atomic mass is 19.1. The maximum Gasteiger partial charge on any atom is 0.254 e. The van der Waals surface area contributed by atoms with Gasteiger partial charge in [0.1, 0.15) is 17.5 Å². The Hall–Kier alpha value is -3.81. The van der Waals surface area contributed by atoms with Crippen molar-refractivity contribution in [1.29, 1.82) is 0 Å². The molecule has 2 aromatic heterocycles. The van der Waals surface area contributed by atoms with Gasteiger partial charge < -0.3 is 9.80 Å². The average molecular weight is 445 g/mol. The Morgan fingerprint density at radius 2 is 1.82 bits per heavy atom. The molecule has 168 valence electrons. The summed E-state index contributed by atoms with van der Waals surface area (Å²) in [4.78, 5) is 26.3. The molecular formula is C25H25FN6O. The maximum atomic E-state index is 13.6. The molecule has 4 aromatic rings. The fourth-order valence-corrected chi connectivity index (χ4v) is 4.33. The lowest BCUT2D eigenvalue weighted by molar-refractivity contribution is 0.0766. The summed E-state index contributed by atoms with van der Waals surface area (Å²) in [5.41, 5.74) is 3.25. The highest BCUT2D eigenvalue weighted by Crippen LogP contribution is 2.27. The van der Waals surface area contributed by atoms with Crippen molar-refractivity contribution in [1.82, 2.24) is 24.6 Å². The standard InChI is InChI=1S/C25H25FN6O/c1-17-6-3-9-21(14-17)32-24-22(16-27-32)23(28-18(2)29-24)30-10-5-11-31(13-12-30)25(33)19-7-4-8-20(26)15-19/h3-4,6-9,14-16H,5,10-13H2,1-2H3. The van der Waals surface area contributed by atoms with E-state index in [0.717, 1.165) is 41.1 Å². The van der Waals surface area contributed by atoms with Crippen molar-refractivity contribution in [3.63, 3.8) is 0 Å². The summed E-state index contributed by atoms with van der Waals surface area (Å²) in [6.45, 7) is 6.47. The molecule has 8 heteroatoms. The second kappa shape index (κ2) is 8.61. The van der Waals surface area contributed by atoms with Gasteiger partial charge in [-0.3, -0.25) is 4.79 Å². The number of hydrogen-bond acceptors (Lipinski definition) is 5. The normalized spacial score (nSPS) is 14.5. The molecule has 1 aliphatic heterocycles. The highest BCUT2D eigenvalue weighted by molar-refractivity contribution is 5.94. The van der Waals surface area contributed by atoms with E-state index in [1.165, 1.54) is 12.1 Å². The number of amides is 1. The minimum atomic E-state index is -0.401. The van der Waals surface area contributed by atoms with E-state index >= 15 is 0 Å². The van der Waals surface area contributed by atoms with Crippen molar-refractivity contribution in [3.8, 4) is 5.69 Å². The number of halogens is 1. The number of rotatable bonds is 3. The molecule has 0 unspecified atom stereocenters. The molecule has 5 rings (SSSR count). The van der Waals surface area contributed by atoms with Gasteiger partial charge in [-0.15, -0.1) is 0 Å². The average Bonchev–Trinajstić information content (AvgIpc) is 3.06. The molecule has 7 nitrogen and oxygen atoms in total. The molecule has 0 saturated carbocycles. The van der Waals surface area contributed by atoms with Crippen LogP contribution in [0.4, 0.5) is 10.2 Å². The van der Waals surface area contributed by atoms with E-state index in [4.69, 9.17) is 4.98 Å². The number of fused-ring (bicyclic) bond motifs is 1. The molecule has 0 radical (unpaired) electrons. The minimum absolute atomic E-state index is 0.146. The first-order valence-electron chi connectivity index (χ1n) is 11.1. The topological polar surface area (TPSA) is 67.2 Å². The Morgan fingerprint density at radius 3 is 2.64 bits per heavy atom. The van der Waals surface area contributed by atoms with Gasteiger partial charge in [0.25, 0.3) is 5.91 Å². The number of aryl methyl sites for hydroxylation is 2. The Bertz CT molecular complexity index is 1330. The zero-order valence-electron chi connectivity index (χ0n) is 18.7. The summed E-state index contributed by atoms with van der Waals surface area (Å²) in [5, 5.41) is 5.49. The number of anilines is 1. The second-order valence-corrected chi connectivity index (χ2v) is 8.37. The molecule has 1 saturated heterocycles. The van der Waals surface area contributed by atoms with E-state index in [9.17, 15) is 9.18 Å². The quantitative estimate of drug-likeness (QED) is 0.479. The highest BCUT2D eigenvalue weighted by Gasteiger charge is 2.24. The monoisotopic (exact) mass is 444 g/mol. The van der Waals surface area contributed by atoms with E-state index in [1.54, 1.807) is 17.0 Å². The first-order valence-corrected chi connectivity index (χ1v) is 11.1. The van der Waals surface area contributed by atoms with Crippen LogP contribution in [0.5, 0.6) is 0 Å². The van der Waals surface area contributed by atoms with Gasteiger partial charge in [0.05, 0.1) is 17.3 Å². The Balaban J connectivity index is 1.43. The molecular weight excluding hydrogens is 419 g/mol. The third kappa shape index (κ3) is 4.16. The van der Waals surface area contributed by atoms with Gasteiger partial charge in [0, 0.05) is 31.7 Å². The second-order valence-electron chi connectivity index (χ2n) is 8.37.